The van der Waals surface area contributed by atoms with E-state index in [9.17, 15) is 5.11 Å². The molecule has 60 valence electrons. The van der Waals surface area contributed by atoms with E-state index in [-0.39, 0.29) is 6.10 Å². The Bertz CT molecular complexity index is 133. The minimum Gasteiger partial charge on any atom is -0.393 e. The van der Waals surface area contributed by atoms with Gasteiger partial charge in [-0.25, -0.2) is 0 Å². The topological polar surface area (TPSA) is 20.2 Å². The van der Waals surface area contributed by atoms with E-state index in [1.165, 1.54) is 0 Å². The third kappa shape index (κ3) is 1.20. The molecule has 1 aliphatic carbocycles. The lowest BCUT2D eigenvalue weighted by Crippen LogP contribution is -2.11. The van der Waals surface area contributed by atoms with Crippen molar-refractivity contribution in [2.45, 2.75) is 37.2 Å². The first-order valence-electron chi connectivity index (χ1n) is 3.84. The van der Waals surface area contributed by atoms with Crippen LogP contribution in [0.3, 0.4) is 0 Å². The third-order valence-corrected chi connectivity index (χ3v) is 4.99. The van der Waals surface area contributed by atoms with Gasteiger partial charge in [0.2, 0.25) is 0 Å². The number of aliphatic hydroxyl groups excluding tert-OH is 1. The summed E-state index contributed by atoms with van der Waals surface area (Å²) >= 11 is 2.44. The maximum Gasteiger partial charge on any atom is 0.0581 e. The van der Waals surface area contributed by atoms with Crippen molar-refractivity contribution in [2.75, 3.05) is 0 Å². The molecular formula is C8H15IO. The Morgan fingerprint density at radius 3 is 2.10 bits per heavy atom. The van der Waals surface area contributed by atoms with Crippen LogP contribution in [0, 0.1) is 11.3 Å². The molecule has 10 heavy (non-hydrogen) atoms. The smallest absolute Gasteiger partial charge is 0.0581 e. The predicted octanol–water partition coefficient (Wildman–Crippen LogP) is 2.22. The van der Waals surface area contributed by atoms with Gasteiger partial charge in [-0.2, -0.15) is 0 Å². The molecule has 3 atom stereocenters. The molecule has 2 heteroatoms. The standard InChI is InChI=1S/C8H15IO/c1-4-5(10)6-7(9)8(6,2)3/h5-7,10H,4H2,1-3H3/t5-,6-,7+/m0/s1. The van der Waals surface area contributed by atoms with Crippen molar-refractivity contribution in [3.8, 4) is 0 Å². The average Bonchev–Trinajstić information content (AvgIpc) is 2.33. The molecule has 1 fully saturated rings. The first-order chi connectivity index (χ1) is 4.51. The molecule has 0 aromatic carbocycles. The fourth-order valence-corrected chi connectivity index (χ4v) is 3.17. The summed E-state index contributed by atoms with van der Waals surface area (Å²) in [5.41, 5.74) is 0.385. The van der Waals surface area contributed by atoms with Gasteiger partial charge in [0.1, 0.15) is 0 Å². The van der Waals surface area contributed by atoms with Gasteiger partial charge >= 0.3 is 0 Å². The molecule has 1 rings (SSSR count). The fraction of sp³-hybridized carbons (Fsp3) is 1.00. The summed E-state index contributed by atoms with van der Waals surface area (Å²) in [6, 6.07) is 0. The van der Waals surface area contributed by atoms with Gasteiger partial charge in [0.15, 0.2) is 0 Å². The van der Waals surface area contributed by atoms with Gasteiger partial charge in [0.05, 0.1) is 6.10 Å². The van der Waals surface area contributed by atoms with Crippen LogP contribution in [0.5, 0.6) is 0 Å². The lowest BCUT2D eigenvalue weighted by Gasteiger charge is -2.07. The average molecular weight is 254 g/mol. The molecular weight excluding hydrogens is 239 g/mol. The number of hydrogen-bond donors (Lipinski definition) is 1. The molecule has 1 nitrogen and oxygen atoms in total. The van der Waals surface area contributed by atoms with E-state index < -0.39 is 0 Å². The Balaban J connectivity index is 2.48. The third-order valence-electron chi connectivity index (χ3n) is 2.61. The van der Waals surface area contributed by atoms with Gasteiger partial charge in [0, 0.05) is 9.84 Å². The van der Waals surface area contributed by atoms with E-state index in [2.05, 4.69) is 36.4 Å². The molecule has 0 aromatic rings. The minimum absolute atomic E-state index is 0.0723. The highest BCUT2D eigenvalue weighted by Crippen LogP contribution is 2.59. The van der Waals surface area contributed by atoms with Gasteiger partial charge in [0.25, 0.3) is 0 Å². The second-order valence-electron chi connectivity index (χ2n) is 3.72. The molecule has 0 spiro atoms. The van der Waals surface area contributed by atoms with Gasteiger partial charge in [-0.05, 0) is 11.8 Å². The first kappa shape index (κ1) is 8.78. The van der Waals surface area contributed by atoms with Crippen molar-refractivity contribution >= 4 is 22.6 Å². The Morgan fingerprint density at radius 1 is 1.60 bits per heavy atom. The van der Waals surface area contributed by atoms with E-state index in [0.717, 1.165) is 6.42 Å². The van der Waals surface area contributed by atoms with Crippen molar-refractivity contribution in [1.82, 2.24) is 0 Å². The van der Waals surface area contributed by atoms with E-state index in [0.29, 0.717) is 15.3 Å². The zero-order valence-corrected chi connectivity index (χ0v) is 8.92. The van der Waals surface area contributed by atoms with Crippen molar-refractivity contribution < 1.29 is 5.11 Å². The van der Waals surface area contributed by atoms with Crippen LogP contribution in [0.4, 0.5) is 0 Å². The lowest BCUT2D eigenvalue weighted by atomic mass is 10.0. The highest BCUT2D eigenvalue weighted by atomic mass is 127. The van der Waals surface area contributed by atoms with Crippen LogP contribution in [-0.4, -0.2) is 15.1 Å². The number of aliphatic hydroxyl groups is 1. The molecule has 1 N–H and O–H groups in total. The molecule has 0 radical (unpaired) electrons. The van der Waals surface area contributed by atoms with Crippen molar-refractivity contribution in [2.24, 2.45) is 11.3 Å². The second kappa shape index (κ2) is 2.63. The van der Waals surface area contributed by atoms with Crippen molar-refractivity contribution in [3.05, 3.63) is 0 Å². The van der Waals surface area contributed by atoms with E-state index in [4.69, 9.17) is 0 Å². The molecule has 1 saturated carbocycles. The van der Waals surface area contributed by atoms with Crippen LogP contribution in [0.15, 0.2) is 0 Å². The van der Waals surface area contributed by atoms with Crippen LogP contribution in [-0.2, 0) is 0 Å². The van der Waals surface area contributed by atoms with Gasteiger partial charge in [-0.15, -0.1) is 0 Å². The predicted molar refractivity (Wildman–Crippen MR) is 51.4 cm³/mol. The molecule has 0 aromatic heterocycles. The maximum absolute atomic E-state index is 9.50. The summed E-state index contributed by atoms with van der Waals surface area (Å²) in [6.45, 7) is 6.50. The minimum atomic E-state index is -0.0723. The number of rotatable bonds is 2. The first-order valence-corrected chi connectivity index (χ1v) is 5.08. The van der Waals surface area contributed by atoms with Gasteiger partial charge in [-0.3, -0.25) is 0 Å². The van der Waals surface area contributed by atoms with Crippen LogP contribution >= 0.6 is 22.6 Å². The summed E-state index contributed by atoms with van der Waals surface area (Å²) < 4.78 is 0.681. The van der Waals surface area contributed by atoms with Gasteiger partial charge < -0.3 is 5.11 Å². The van der Waals surface area contributed by atoms with Crippen LogP contribution in [0.1, 0.15) is 27.2 Å². The number of alkyl halides is 1. The largest absolute Gasteiger partial charge is 0.393 e. The Kier molecular flexibility index (Phi) is 2.31. The monoisotopic (exact) mass is 254 g/mol. The quantitative estimate of drug-likeness (QED) is 0.591. The molecule has 0 bridgehead atoms. The Hall–Kier alpha value is 0.690. The number of hydrogen-bond acceptors (Lipinski definition) is 1. The molecule has 0 aliphatic heterocycles. The lowest BCUT2D eigenvalue weighted by molar-refractivity contribution is 0.133. The summed E-state index contributed by atoms with van der Waals surface area (Å²) in [5.74, 6) is 0.540. The zero-order valence-electron chi connectivity index (χ0n) is 6.76. The SMILES string of the molecule is CC[C@H](O)[C@H]1[C@@H](I)C1(C)C. The normalized spacial score (nSPS) is 39.3. The fourth-order valence-electron chi connectivity index (χ4n) is 1.56. The summed E-state index contributed by atoms with van der Waals surface area (Å²) in [6.07, 6.45) is 0.824. The van der Waals surface area contributed by atoms with Crippen LogP contribution in [0.2, 0.25) is 0 Å². The van der Waals surface area contributed by atoms with Crippen LogP contribution < -0.4 is 0 Å². The zero-order chi connectivity index (χ0) is 7.94. The highest BCUT2D eigenvalue weighted by molar-refractivity contribution is 14.1. The molecule has 0 unspecified atom stereocenters. The molecule has 1 aliphatic rings. The molecule has 0 heterocycles. The van der Waals surface area contributed by atoms with Crippen molar-refractivity contribution in [1.29, 1.82) is 0 Å². The summed E-state index contributed by atoms with van der Waals surface area (Å²) in [7, 11) is 0. The second-order valence-corrected chi connectivity index (χ2v) is 5.07. The molecule has 0 amide bonds. The summed E-state index contributed by atoms with van der Waals surface area (Å²) in [5, 5.41) is 9.50. The van der Waals surface area contributed by atoms with Gasteiger partial charge in [-0.1, -0.05) is 43.4 Å². The summed E-state index contributed by atoms with van der Waals surface area (Å²) in [4.78, 5) is 0. The molecule has 0 saturated heterocycles. The van der Waals surface area contributed by atoms with E-state index in [1.54, 1.807) is 0 Å². The maximum atomic E-state index is 9.50. The van der Waals surface area contributed by atoms with E-state index in [1.807, 2.05) is 6.92 Å². The number of halogens is 1. The Labute approximate surface area is 76.3 Å². The van der Waals surface area contributed by atoms with E-state index >= 15 is 0 Å². The highest BCUT2D eigenvalue weighted by Gasteiger charge is 2.58. The van der Waals surface area contributed by atoms with Crippen molar-refractivity contribution in [3.63, 3.8) is 0 Å². The Morgan fingerprint density at radius 2 is 2.00 bits per heavy atom. The van der Waals surface area contributed by atoms with Crippen LogP contribution in [0.25, 0.3) is 0 Å².